The van der Waals surface area contributed by atoms with Crippen molar-refractivity contribution in [3.05, 3.63) is 70.3 Å². The Hall–Kier alpha value is -4.78. The van der Waals surface area contributed by atoms with Crippen LogP contribution in [0.3, 0.4) is 0 Å². The number of piperazine rings is 1. The summed E-state index contributed by atoms with van der Waals surface area (Å²) in [6.07, 6.45) is 7.12. The topological polar surface area (TPSA) is 176 Å². The standard InChI is InChI=1S/C44H59N9O7S/c1-30-39(61-29-46-30)32-11-9-31(10-12-32)26-45-41(56)36-25-33(54)27-53(36)42(57)40(44(2,3)4)49-38(55)28-60-24-23-59-22-21-58-20-19-50-15-17-51(18-16-50)37-13-14-52-35-8-6-5-7-34(35)47-43(52)48-37/h5-9,11,13-14,29,33,36,40,54H,10,12,15-28H2,1-4H3,(H,45,56)(H,49,55)/t33-,36+,40?/m1/s1. The first kappa shape index (κ1) is 44.3. The second kappa shape index (κ2) is 20.4. The van der Waals surface area contributed by atoms with Crippen molar-refractivity contribution < 1.29 is 33.7 Å². The summed E-state index contributed by atoms with van der Waals surface area (Å²) in [6, 6.07) is 8.33. The predicted molar refractivity (Wildman–Crippen MR) is 234 cm³/mol. The summed E-state index contributed by atoms with van der Waals surface area (Å²) in [5, 5.41) is 16.3. The lowest BCUT2D eigenvalue weighted by Crippen LogP contribution is -2.58. The molecule has 3 atom stereocenters. The van der Waals surface area contributed by atoms with E-state index in [1.54, 1.807) is 11.3 Å². The van der Waals surface area contributed by atoms with E-state index in [1.165, 1.54) is 15.4 Å². The van der Waals surface area contributed by atoms with Crippen LogP contribution in [0.5, 0.6) is 0 Å². The fraction of sp³-hybridized carbons (Fsp3) is 0.545. The molecule has 0 spiro atoms. The van der Waals surface area contributed by atoms with Crippen LogP contribution in [0.4, 0.5) is 5.82 Å². The maximum atomic E-state index is 13.9. The number of fused-ring (bicyclic) bond motifs is 3. The van der Waals surface area contributed by atoms with Crippen LogP contribution in [0.25, 0.3) is 22.4 Å². The summed E-state index contributed by atoms with van der Waals surface area (Å²) < 4.78 is 19.0. The van der Waals surface area contributed by atoms with E-state index in [-0.39, 0.29) is 38.7 Å². The number of aryl methyl sites for hydroxylation is 1. The monoisotopic (exact) mass is 857 g/mol. The molecule has 0 bridgehead atoms. The number of ether oxygens (including phenoxy) is 3. The van der Waals surface area contributed by atoms with Crippen LogP contribution >= 0.6 is 11.3 Å². The Morgan fingerprint density at radius 2 is 1.70 bits per heavy atom. The molecular weight excluding hydrogens is 799 g/mol. The molecule has 1 unspecified atom stereocenters. The number of aromatic nitrogens is 4. The van der Waals surface area contributed by atoms with Gasteiger partial charge in [0.15, 0.2) is 0 Å². The lowest BCUT2D eigenvalue weighted by molar-refractivity contribution is -0.144. The minimum Gasteiger partial charge on any atom is -0.391 e. The lowest BCUT2D eigenvalue weighted by Gasteiger charge is -2.35. The molecule has 61 heavy (non-hydrogen) atoms. The average Bonchev–Trinajstić information content (AvgIpc) is 3.98. The highest BCUT2D eigenvalue weighted by Gasteiger charge is 2.44. The molecule has 1 aromatic carbocycles. The van der Waals surface area contributed by atoms with Crippen molar-refractivity contribution >= 4 is 57.3 Å². The molecule has 7 rings (SSSR count). The Balaban J connectivity index is 0.753. The van der Waals surface area contributed by atoms with Gasteiger partial charge in [-0.1, -0.05) is 50.6 Å². The van der Waals surface area contributed by atoms with E-state index >= 15 is 0 Å². The number of anilines is 1. The number of amides is 3. The van der Waals surface area contributed by atoms with Gasteiger partial charge in [-0.2, -0.15) is 4.98 Å². The van der Waals surface area contributed by atoms with Gasteiger partial charge in [-0.15, -0.1) is 11.3 Å². The molecule has 5 heterocycles. The van der Waals surface area contributed by atoms with Gasteiger partial charge >= 0.3 is 0 Å². The summed E-state index contributed by atoms with van der Waals surface area (Å²) in [4.78, 5) is 61.4. The second-order valence-electron chi connectivity index (χ2n) is 16.9. The number of likely N-dealkylation sites (tertiary alicyclic amines) is 1. The van der Waals surface area contributed by atoms with Crippen LogP contribution in [0.1, 0.15) is 50.6 Å². The van der Waals surface area contributed by atoms with Gasteiger partial charge < -0.3 is 39.8 Å². The molecule has 1 aliphatic carbocycles. The number of nitrogens with zero attached hydrogens (tertiary/aromatic N) is 7. The highest BCUT2D eigenvalue weighted by molar-refractivity contribution is 7.10. The molecule has 0 radical (unpaired) electrons. The zero-order valence-corrected chi connectivity index (χ0v) is 36.5. The summed E-state index contributed by atoms with van der Waals surface area (Å²) in [7, 11) is 0. The van der Waals surface area contributed by atoms with E-state index in [0.717, 1.165) is 73.7 Å². The Morgan fingerprint density at radius 1 is 0.951 bits per heavy atom. The van der Waals surface area contributed by atoms with Crippen LogP contribution < -0.4 is 15.5 Å². The van der Waals surface area contributed by atoms with Crippen molar-refractivity contribution in [1.29, 1.82) is 0 Å². The molecule has 3 amide bonds. The minimum absolute atomic E-state index is 0.0121. The van der Waals surface area contributed by atoms with E-state index in [0.29, 0.717) is 32.1 Å². The number of rotatable bonds is 18. The number of allylic oxidation sites excluding steroid dienone is 3. The SMILES string of the molecule is Cc1ncsc1C1=CC=C(CNC(=O)[C@@H]2C[C@@H](O)CN2C(=O)C(NC(=O)COCCOCCOCCN2CCN(c3ccn4c(n3)nc3ccccc34)CC2)C(C)(C)C)CC1. The molecular formula is C44H59N9O7S. The van der Waals surface area contributed by atoms with E-state index in [2.05, 4.69) is 48.6 Å². The van der Waals surface area contributed by atoms with Gasteiger partial charge in [0.2, 0.25) is 23.5 Å². The molecule has 2 aliphatic heterocycles. The Kier molecular flexibility index (Phi) is 14.8. The van der Waals surface area contributed by atoms with Gasteiger partial charge in [-0.3, -0.25) is 23.7 Å². The smallest absolute Gasteiger partial charge is 0.246 e. The molecule has 2 saturated heterocycles. The highest BCUT2D eigenvalue weighted by Crippen LogP contribution is 2.31. The van der Waals surface area contributed by atoms with Gasteiger partial charge in [0, 0.05) is 58.4 Å². The second-order valence-corrected chi connectivity index (χ2v) is 17.8. The van der Waals surface area contributed by atoms with Crippen LogP contribution in [0.2, 0.25) is 0 Å². The molecule has 3 aliphatic rings. The van der Waals surface area contributed by atoms with Crippen molar-refractivity contribution in [1.82, 2.24) is 39.8 Å². The molecule has 4 aromatic rings. The van der Waals surface area contributed by atoms with Crippen molar-refractivity contribution in [2.45, 2.75) is 65.1 Å². The Labute approximate surface area is 361 Å². The number of thiazole rings is 1. The summed E-state index contributed by atoms with van der Waals surface area (Å²) in [5.74, 6) is 0.464. The number of β-amino-alcohol motifs (C(OH)–C–C–N with tert-alkyl or cyclic N) is 1. The number of aliphatic hydroxyl groups is 1. The van der Waals surface area contributed by atoms with E-state index in [4.69, 9.17) is 19.2 Å². The predicted octanol–water partition coefficient (Wildman–Crippen LogP) is 3.23. The van der Waals surface area contributed by atoms with Crippen LogP contribution in [-0.2, 0) is 28.6 Å². The normalized spacial score (nSPS) is 19.3. The number of para-hydroxylation sites is 2. The van der Waals surface area contributed by atoms with Gasteiger partial charge in [0.25, 0.3) is 0 Å². The first-order valence-electron chi connectivity index (χ1n) is 21.2. The summed E-state index contributed by atoms with van der Waals surface area (Å²) >= 11 is 1.63. The van der Waals surface area contributed by atoms with Gasteiger partial charge in [0.05, 0.1) is 66.3 Å². The van der Waals surface area contributed by atoms with E-state index in [1.807, 2.05) is 68.1 Å². The quantitative estimate of drug-likeness (QED) is 0.125. The fourth-order valence-corrected chi connectivity index (χ4v) is 8.84. The zero-order valence-electron chi connectivity index (χ0n) is 35.7. The molecule has 16 nitrogen and oxygen atoms in total. The van der Waals surface area contributed by atoms with Crippen molar-refractivity contribution in [2.24, 2.45) is 5.41 Å². The number of carbonyl (C=O) groups excluding carboxylic acids is 3. The summed E-state index contributed by atoms with van der Waals surface area (Å²) in [6.45, 7) is 14.1. The number of imidazole rings is 1. The van der Waals surface area contributed by atoms with Crippen molar-refractivity contribution in [3.8, 4) is 0 Å². The van der Waals surface area contributed by atoms with Crippen LogP contribution in [0.15, 0.2) is 59.8 Å². The van der Waals surface area contributed by atoms with Gasteiger partial charge in [-0.05, 0) is 49.0 Å². The molecule has 0 saturated carbocycles. The highest BCUT2D eigenvalue weighted by atomic mass is 32.1. The maximum Gasteiger partial charge on any atom is 0.246 e. The van der Waals surface area contributed by atoms with Crippen molar-refractivity contribution in [3.63, 3.8) is 0 Å². The first-order valence-corrected chi connectivity index (χ1v) is 22.1. The number of hydrogen-bond acceptors (Lipinski definition) is 13. The lowest BCUT2D eigenvalue weighted by atomic mass is 9.85. The number of carbonyl (C=O) groups is 3. The van der Waals surface area contributed by atoms with E-state index in [9.17, 15) is 19.5 Å². The van der Waals surface area contributed by atoms with Gasteiger partial charge in [0.1, 0.15) is 24.5 Å². The molecule has 2 fully saturated rings. The largest absolute Gasteiger partial charge is 0.391 e. The number of nitrogens with one attached hydrogen (secondary N) is 2. The molecule has 17 heteroatoms. The Bertz CT molecular complexity index is 2210. The average molecular weight is 858 g/mol. The number of aliphatic hydroxyl groups excluding tert-OH is 1. The molecule has 328 valence electrons. The Morgan fingerprint density at radius 3 is 2.43 bits per heavy atom. The third-order valence-corrected chi connectivity index (χ3v) is 12.4. The van der Waals surface area contributed by atoms with Crippen LogP contribution in [0, 0.1) is 12.3 Å². The maximum absolute atomic E-state index is 13.9. The van der Waals surface area contributed by atoms with E-state index < -0.39 is 35.4 Å². The minimum atomic E-state index is -0.933. The molecule has 3 aromatic heterocycles. The third-order valence-electron chi connectivity index (χ3n) is 11.4. The van der Waals surface area contributed by atoms with Crippen molar-refractivity contribution in [2.75, 3.05) is 90.4 Å². The fourth-order valence-electron chi connectivity index (χ4n) is 7.98. The number of hydrogen-bond donors (Lipinski definition) is 3. The number of benzene rings is 1. The summed E-state index contributed by atoms with van der Waals surface area (Å²) in [5.41, 5.74) is 6.52. The zero-order chi connectivity index (χ0) is 42.9. The van der Waals surface area contributed by atoms with Crippen LogP contribution in [-0.4, -0.2) is 156 Å². The first-order chi connectivity index (χ1) is 29.4. The third kappa shape index (κ3) is 11.4. The molecule has 3 N–H and O–H groups in total. The van der Waals surface area contributed by atoms with Gasteiger partial charge in [-0.25, -0.2) is 9.97 Å².